The van der Waals surface area contributed by atoms with Gasteiger partial charge < -0.3 is 24.3 Å². The van der Waals surface area contributed by atoms with Crippen molar-refractivity contribution < 1.29 is 32.7 Å². The highest BCUT2D eigenvalue weighted by Gasteiger charge is 2.53. The molecule has 1 fully saturated rings. The van der Waals surface area contributed by atoms with Gasteiger partial charge in [-0.05, 0) is 43.9 Å². The maximum absolute atomic E-state index is 14.8. The average Bonchev–Trinajstić information content (AvgIpc) is 3.51. The molecule has 0 aliphatic carbocycles. The Morgan fingerprint density at radius 1 is 1.21 bits per heavy atom. The molecule has 11 heteroatoms. The molecule has 2 aromatic carbocycles. The number of amides is 4. The van der Waals surface area contributed by atoms with E-state index in [1.54, 1.807) is 18.2 Å². The van der Waals surface area contributed by atoms with Gasteiger partial charge in [-0.15, -0.1) is 0 Å². The Morgan fingerprint density at radius 2 is 2.00 bits per heavy atom. The van der Waals surface area contributed by atoms with Crippen molar-refractivity contribution in [2.45, 2.75) is 18.4 Å². The maximum atomic E-state index is 14.8. The summed E-state index contributed by atoms with van der Waals surface area (Å²) in [7, 11) is 5.22. The third kappa shape index (κ3) is 4.38. The van der Waals surface area contributed by atoms with Gasteiger partial charge in [-0.2, -0.15) is 0 Å². The predicted molar refractivity (Wildman–Crippen MR) is 134 cm³/mol. The molecule has 1 saturated heterocycles. The van der Waals surface area contributed by atoms with Gasteiger partial charge in [-0.3, -0.25) is 24.5 Å². The third-order valence-electron chi connectivity index (χ3n) is 6.97. The summed E-state index contributed by atoms with van der Waals surface area (Å²) >= 11 is 0. The van der Waals surface area contributed by atoms with Gasteiger partial charge in [0.05, 0.1) is 19.1 Å². The molecule has 3 heterocycles. The molecule has 2 aliphatic heterocycles. The Kier molecular flexibility index (Phi) is 6.39. The van der Waals surface area contributed by atoms with E-state index in [9.17, 15) is 23.6 Å². The number of carbonyl (C=O) groups excluding carboxylic acids is 4. The van der Waals surface area contributed by atoms with Gasteiger partial charge in [0.15, 0.2) is 0 Å². The number of nitrogens with zero attached hydrogens (tertiary/aromatic N) is 2. The van der Waals surface area contributed by atoms with E-state index < -0.39 is 29.0 Å². The third-order valence-corrected chi connectivity index (χ3v) is 6.97. The normalized spacial score (nSPS) is 18.9. The predicted octanol–water partition coefficient (Wildman–Crippen LogP) is 1.81. The van der Waals surface area contributed by atoms with E-state index >= 15 is 0 Å². The number of fused-ring (bicyclic) bond motifs is 2. The van der Waals surface area contributed by atoms with Crippen molar-refractivity contribution in [1.82, 2.24) is 20.4 Å². The number of furan rings is 1. The van der Waals surface area contributed by atoms with Gasteiger partial charge in [0.2, 0.25) is 11.8 Å². The van der Waals surface area contributed by atoms with Crippen molar-refractivity contribution in [2.24, 2.45) is 0 Å². The van der Waals surface area contributed by atoms with E-state index in [0.29, 0.717) is 29.8 Å². The molecule has 1 aromatic heterocycles. The second kappa shape index (κ2) is 9.56. The first-order valence-corrected chi connectivity index (χ1v) is 12.1. The van der Waals surface area contributed by atoms with Gasteiger partial charge in [0.1, 0.15) is 28.3 Å². The minimum Gasteiger partial charge on any atom is -0.497 e. The summed E-state index contributed by atoms with van der Waals surface area (Å²) in [6.07, 6.45) is -0.241. The molecule has 2 N–H and O–H groups in total. The summed E-state index contributed by atoms with van der Waals surface area (Å²) in [5.74, 6) is -2.12. The molecule has 38 heavy (non-hydrogen) atoms. The van der Waals surface area contributed by atoms with Crippen molar-refractivity contribution in [1.29, 1.82) is 0 Å². The quantitative estimate of drug-likeness (QED) is 0.433. The van der Waals surface area contributed by atoms with E-state index in [4.69, 9.17) is 9.15 Å². The molecular weight excluding hydrogens is 495 g/mol. The van der Waals surface area contributed by atoms with Crippen LogP contribution in [0.15, 0.2) is 40.8 Å². The van der Waals surface area contributed by atoms with Crippen LogP contribution in [0, 0.1) is 5.82 Å². The molecule has 198 valence electrons. The zero-order valence-electron chi connectivity index (χ0n) is 21.2. The number of rotatable bonds is 8. The number of hydrogen-bond donors (Lipinski definition) is 2. The zero-order chi connectivity index (χ0) is 27.2. The Balaban J connectivity index is 1.47. The van der Waals surface area contributed by atoms with Gasteiger partial charge in [-0.1, -0.05) is 6.07 Å². The van der Waals surface area contributed by atoms with Crippen LogP contribution < -0.4 is 15.4 Å². The standard InChI is InChI=1S/C27H27FN4O6/c1-31(2)7-6-29-24(34)19-8-16-9-22(38-21(16)11-20(19)28)27(12-23(33)30-26(27)36)14-32-13-15-4-5-17(37-3)10-18(15)25(32)35/h4-5,8-11H,6-7,12-14H2,1-3H3,(H,29,34)(H,30,33,36)/t27-/m1/s1. The summed E-state index contributed by atoms with van der Waals surface area (Å²) in [5, 5.41) is 5.38. The van der Waals surface area contributed by atoms with Gasteiger partial charge in [-0.25, -0.2) is 4.39 Å². The summed E-state index contributed by atoms with van der Waals surface area (Å²) < 4.78 is 26.0. The Morgan fingerprint density at radius 3 is 2.68 bits per heavy atom. The fraction of sp³-hybridized carbons (Fsp3) is 0.333. The molecule has 0 bridgehead atoms. The smallest absolute Gasteiger partial charge is 0.254 e. The summed E-state index contributed by atoms with van der Waals surface area (Å²) in [4.78, 5) is 54.7. The lowest BCUT2D eigenvalue weighted by Gasteiger charge is -2.28. The lowest BCUT2D eigenvalue weighted by Crippen LogP contribution is -2.46. The first-order valence-electron chi connectivity index (χ1n) is 12.1. The molecule has 0 unspecified atom stereocenters. The van der Waals surface area contributed by atoms with E-state index in [1.165, 1.54) is 24.1 Å². The van der Waals surface area contributed by atoms with Crippen LogP contribution >= 0.6 is 0 Å². The molecule has 4 amide bonds. The Bertz CT molecular complexity index is 1480. The maximum Gasteiger partial charge on any atom is 0.254 e. The number of halogens is 1. The summed E-state index contributed by atoms with van der Waals surface area (Å²) in [5.41, 5.74) is -0.325. The van der Waals surface area contributed by atoms with Crippen molar-refractivity contribution >= 4 is 34.6 Å². The SMILES string of the molecule is COc1ccc2c(c1)C(=O)N(C[C@@]1(c3cc4cc(C(=O)NCCN(C)C)c(F)cc4o3)CC(=O)NC1=O)C2. The van der Waals surface area contributed by atoms with Gasteiger partial charge >= 0.3 is 0 Å². The number of benzene rings is 2. The van der Waals surface area contributed by atoms with Crippen molar-refractivity contribution in [3.8, 4) is 5.75 Å². The number of hydrogen-bond acceptors (Lipinski definition) is 7. The lowest BCUT2D eigenvalue weighted by molar-refractivity contribution is -0.127. The van der Waals surface area contributed by atoms with Gasteiger partial charge in [0.25, 0.3) is 11.8 Å². The first-order chi connectivity index (χ1) is 18.1. The largest absolute Gasteiger partial charge is 0.497 e. The van der Waals surface area contributed by atoms with Crippen molar-refractivity contribution in [2.75, 3.05) is 40.8 Å². The van der Waals surface area contributed by atoms with E-state index in [1.807, 2.05) is 19.0 Å². The van der Waals surface area contributed by atoms with E-state index in [-0.39, 0.29) is 42.3 Å². The van der Waals surface area contributed by atoms with E-state index in [2.05, 4.69) is 10.6 Å². The first kappa shape index (κ1) is 25.4. The van der Waals surface area contributed by atoms with Crippen LogP contribution in [0.25, 0.3) is 11.0 Å². The Hall–Kier alpha value is -4.25. The number of likely N-dealkylation sites (N-methyl/N-ethyl adjacent to an activating group) is 1. The number of ether oxygens (including phenoxy) is 1. The van der Waals surface area contributed by atoms with Crippen LogP contribution in [0.1, 0.15) is 38.5 Å². The fourth-order valence-corrected chi connectivity index (χ4v) is 4.93. The zero-order valence-corrected chi connectivity index (χ0v) is 21.2. The molecule has 0 radical (unpaired) electrons. The number of nitrogens with one attached hydrogen (secondary N) is 2. The monoisotopic (exact) mass is 522 g/mol. The highest BCUT2D eigenvalue weighted by atomic mass is 19.1. The minimum atomic E-state index is -1.51. The molecule has 10 nitrogen and oxygen atoms in total. The minimum absolute atomic E-state index is 0.113. The molecule has 3 aromatic rings. The van der Waals surface area contributed by atoms with Crippen LogP contribution in [0.2, 0.25) is 0 Å². The second-order valence-corrected chi connectivity index (χ2v) is 9.86. The number of methoxy groups -OCH3 is 1. The molecule has 0 saturated carbocycles. The summed E-state index contributed by atoms with van der Waals surface area (Å²) in [6.45, 7) is 1.04. The number of carbonyl (C=O) groups is 4. The topological polar surface area (TPSA) is 121 Å². The lowest BCUT2D eigenvalue weighted by atomic mass is 9.82. The molecule has 1 atom stereocenters. The highest BCUT2D eigenvalue weighted by Crippen LogP contribution is 2.39. The van der Waals surface area contributed by atoms with E-state index in [0.717, 1.165) is 11.6 Å². The van der Waals surface area contributed by atoms with Crippen LogP contribution in [-0.4, -0.2) is 74.3 Å². The Labute approximate surface area is 217 Å². The van der Waals surface area contributed by atoms with Crippen LogP contribution in [0.4, 0.5) is 4.39 Å². The van der Waals surface area contributed by atoms with Gasteiger partial charge in [0, 0.05) is 43.2 Å². The molecular formula is C27H27FN4O6. The highest BCUT2D eigenvalue weighted by molar-refractivity contribution is 6.10. The molecule has 5 rings (SSSR count). The fourth-order valence-electron chi connectivity index (χ4n) is 4.93. The molecule has 0 spiro atoms. The average molecular weight is 523 g/mol. The summed E-state index contributed by atoms with van der Waals surface area (Å²) in [6, 6.07) is 9.14. The molecule has 2 aliphatic rings. The second-order valence-electron chi connectivity index (χ2n) is 9.86. The van der Waals surface area contributed by atoms with Crippen LogP contribution in [0.5, 0.6) is 5.75 Å². The van der Waals surface area contributed by atoms with Crippen LogP contribution in [0.3, 0.4) is 0 Å². The number of imide groups is 1. The van der Waals surface area contributed by atoms with Crippen LogP contribution in [-0.2, 0) is 21.5 Å². The van der Waals surface area contributed by atoms with Crippen molar-refractivity contribution in [3.63, 3.8) is 0 Å². The van der Waals surface area contributed by atoms with Crippen molar-refractivity contribution in [3.05, 3.63) is 64.7 Å².